The number of guanidine groups is 1. The van der Waals surface area contributed by atoms with Gasteiger partial charge in [-0.1, -0.05) is 29.8 Å². The van der Waals surface area contributed by atoms with Crippen LogP contribution in [0.5, 0.6) is 0 Å². The van der Waals surface area contributed by atoms with E-state index in [9.17, 15) is 0 Å². The van der Waals surface area contributed by atoms with Gasteiger partial charge in [-0.3, -0.25) is 9.89 Å². The van der Waals surface area contributed by atoms with Crippen LogP contribution in [-0.2, 0) is 9.47 Å². The topological polar surface area (TPSA) is 58.1 Å². The van der Waals surface area contributed by atoms with E-state index in [-0.39, 0.29) is 30.0 Å². The maximum absolute atomic E-state index is 6.48. The van der Waals surface area contributed by atoms with Crippen molar-refractivity contribution in [3.8, 4) is 0 Å². The average molecular weight is 511 g/mol. The molecule has 0 bridgehead atoms. The Morgan fingerprint density at radius 1 is 1.26 bits per heavy atom. The molecular weight excluding hydrogens is 479 g/mol. The monoisotopic (exact) mass is 510 g/mol. The van der Waals surface area contributed by atoms with Crippen molar-refractivity contribution in [2.75, 3.05) is 59.2 Å². The third-order valence-corrected chi connectivity index (χ3v) is 4.60. The minimum absolute atomic E-state index is 0. The lowest BCUT2D eigenvalue weighted by Gasteiger charge is -2.34. The molecule has 0 aliphatic carbocycles. The predicted molar refractivity (Wildman–Crippen MR) is 122 cm³/mol. The molecule has 0 saturated carbocycles. The van der Waals surface area contributed by atoms with Crippen LogP contribution in [0, 0.1) is 0 Å². The van der Waals surface area contributed by atoms with Crippen molar-refractivity contribution in [2.45, 2.75) is 19.9 Å². The van der Waals surface area contributed by atoms with Gasteiger partial charge in [-0.25, -0.2) is 0 Å². The fourth-order valence-electron chi connectivity index (χ4n) is 2.95. The number of halogens is 2. The van der Waals surface area contributed by atoms with Crippen LogP contribution in [0.15, 0.2) is 29.3 Å². The van der Waals surface area contributed by atoms with Crippen LogP contribution in [0.4, 0.5) is 0 Å². The van der Waals surface area contributed by atoms with Gasteiger partial charge in [0.15, 0.2) is 5.96 Å². The fourth-order valence-corrected chi connectivity index (χ4v) is 3.21. The van der Waals surface area contributed by atoms with Gasteiger partial charge >= 0.3 is 0 Å². The van der Waals surface area contributed by atoms with E-state index in [1.54, 1.807) is 0 Å². The molecule has 1 aromatic rings. The highest BCUT2D eigenvalue weighted by atomic mass is 127. The molecule has 2 N–H and O–H groups in total. The summed E-state index contributed by atoms with van der Waals surface area (Å²) in [5.74, 6) is 0.803. The number of nitrogens with one attached hydrogen (secondary N) is 2. The van der Waals surface area contributed by atoms with Gasteiger partial charge in [0.05, 0.1) is 32.4 Å². The molecule has 1 aliphatic rings. The Bertz CT molecular complexity index is 556. The lowest BCUT2D eigenvalue weighted by atomic mass is 10.0. The Morgan fingerprint density at radius 2 is 2.00 bits per heavy atom. The van der Waals surface area contributed by atoms with Crippen LogP contribution in [0.3, 0.4) is 0 Å². The van der Waals surface area contributed by atoms with Crippen LogP contribution in [0.1, 0.15) is 25.5 Å². The number of hydrogen-bond donors (Lipinski definition) is 2. The highest BCUT2D eigenvalue weighted by Crippen LogP contribution is 2.28. The number of nitrogens with zero attached hydrogens (tertiary/aromatic N) is 2. The summed E-state index contributed by atoms with van der Waals surface area (Å²) >= 11 is 6.48. The second-order valence-electron chi connectivity index (χ2n) is 6.03. The molecule has 1 unspecified atom stereocenters. The number of benzene rings is 1. The summed E-state index contributed by atoms with van der Waals surface area (Å²) in [6.07, 6.45) is 0. The first-order chi connectivity index (χ1) is 12.8. The molecule has 154 valence electrons. The number of morpholine rings is 1. The normalized spacial score (nSPS) is 16.5. The minimum Gasteiger partial charge on any atom is -0.380 e. The molecule has 1 fully saturated rings. The third kappa shape index (κ3) is 8.51. The molecule has 0 aromatic heterocycles. The quantitative estimate of drug-likeness (QED) is 0.232. The van der Waals surface area contributed by atoms with Crippen LogP contribution >= 0.6 is 35.6 Å². The predicted octanol–water partition coefficient (Wildman–Crippen LogP) is 2.92. The maximum atomic E-state index is 6.48. The van der Waals surface area contributed by atoms with Crippen molar-refractivity contribution >= 4 is 41.5 Å². The molecule has 1 atom stereocenters. The molecule has 6 nitrogen and oxygen atoms in total. The van der Waals surface area contributed by atoms with Crippen molar-refractivity contribution in [1.29, 1.82) is 0 Å². The standard InChI is InChI=1S/C19H31ClN4O2.HI/c1-3-21-19(22-9-12-25-4-2)23-15-18(24-10-13-26-14-11-24)16-7-5-6-8-17(16)20;/h5-8,18H,3-4,9-15H2,1-2H3,(H2,21,22,23);1H. The van der Waals surface area contributed by atoms with Crippen molar-refractivity contribution in [2.24, 2.45) is 4.99 Å². The molecule has 1 heterocycles. The van der Waals surface area contributed by atoms with E-state index < -0.39 is 0 Å². The summed E-state index contributed by atoms with van der Waals surface area (Å²) in [6, 6.07) is 8.16. The first-order valence-corrected chi connectivity index (χ1v) is 9.80. The van der Waals surface area contributed by atoms with E-state index in [4.69, 9.17) is 26.1 Å². The van der Waals surface area contributed by atoms with Gasteiger partial charge in [-0.15, -0.1) is 24.0 Å². The zero-order chi connectivity index (χ0) is 18.6. The summed E-state index contributed by atoms with van der Waals surface area (Å²) in [7, 11) is 0. The van der Waals surface area contributed by atoms with E-state index in [1.807, 2.05) is 25.1 Å². The molecule has 27 heavy (non-hydrogen) atoms. The fraction of sp³-hybridized carbons (Fsp3) is 0.632. The van der Waals surface area contributed by atoms with Gasteiger partial charge in [-0.2, -0.15) is 0 Å². The molecular formula is C19H32ClIN4O2. The lowest BCUT2D eigenvalue weighted by molar-refractivity contribution is 0.0180. The van der Waals surface area contributed by atoms with Gasteiger partial charge < -0.3 is 20.1 Å². The zero-order valence-corrected chi connectivity index (χ0v) is 19.3. The summed E-state index contributed by atoms with van der Waals surface area (Å²) in [4.78, 5) is 7.20. The van der Waals surface area contributed by atoms with Crippen LogP contribution in [-0.4, -0.2) is 70.0 Å². The van der Waals surface area contributed by atoms with Crippen molar-refractivity contribution in [3.05, 3.63) is 34.9 Å². The Kier molecular flexibility index (Phi) is 13.0. The Balaban J connectivity index is 0.00000364. The number of ether oxygens (including phenoxy) is 2. The largest absolute Gasteiger partial charge is 0.380 e. The van der Waals surface area contributed by atoms with Crippen LogP contribution in [0.25, 0.3) is 0 Å². The number of hydrogen-bond acceptors (Lipinski definition) is 4. The van der Waals surface area contributed by atoms with E-state index in [1.165, 1.54) is 0 Å². The average Bonchev–Trinajstić information content (AvgIpc) is 2.67. The summed E-state index contributed by atoms with van der Waals surface area (Å²) < 4.78 is 10.9. The van der Waals surface area contributed by atoms with Crippen molar-refractivity contribution in [3.63, 3.8) is 0 Å². The minimum atomic E-state index is 0. The van der Waals surface area contributed by atoms with Gasteiger partial charge in [-0.05, 0) is 25.5 Å². The Labute approximate surface area is 185 Å². The maximum Gasteiger partial charge on any atom is 0.191 e. The molecule has 2 rings (SSSR count). The Hall–Kier alpha value is -0.610. The number of aliphatic imine (C=N–C) groups is 1. The highest BCUT2D eigenvalue weighted by Gasteiger charge is 2.24. The Morgan fingerprint density at radius 3 is 2.67 bits per heavy atom. The number of rotatable bonds is 9. The molecule has 8 heteroatoms. The second kappa shape index (κ2) is 14.4. The first-order valence-electron chi connectivity index (χ1n) is 9.42. The first kappa shape index (κ1) is 24.4. The van der Waals surface area contributed by atoms with E-state index in [0.29, 0.717) is 13.2 Å². The SMILES string of the molecule is CCNC(=NCC(c1ccccc1Cl)N1CCOCC1)NCCOCC.I. The van der Waals surface area contributed by atoms with Crippen LogP contribution < -0.4 is 10.6 Å². The molecule has 1 aliphatic heterocycles. The molecule has 0 amide bonds. The van der Waals surface area contributed by atoms with Crippen molar-refractivity contribution in [1.82, 2.24) is 15.5 Å². The third-order valence-electron chi connectivity index (χ3n) is 4.26. The molecule has 1 saturated heterocycles. The van der Waals surface area contributed by atoms with E-state index in [2.05, 4.69) is 28.5 Å². The summed E-state index contributed by atoms with van der Waals surface area (Å²) in [5.41, 5.74) is 1.12. The van der Waals surface area contributed by atoms with Gasteiger partial charge in [0.25, 0.3) is 0 Å². The van der Waals surface area contributed by atoms with Gasteiger partial charge in [0.1, 0.15) is 0 Å². The zero-order valence-electron chi connectivity index (χ0n) is 16.2. The highest BCUT2D eigenvalue weighted by molar-refractivity contribution is 14.0. The molecule has 0 radical (unpaired) electrons. The van der Waals surface area contributed by atoms with Crippen molar-refractivity contribution < 1.29 is 9.47 Å². The van der Waals surface area contributed by atoms with E-state index in [0.717, 1.165) is 62.5 Å². The van der Waals surface area contributed by atoms with E-state index >= 15 is 0 Å². The van der Waals surface area contributed by atoms with Gasteiger partial charge in [0.2, 0.25) is 0 Å². The smallest absolute Gasteiger partial charge is 0.191 e. The lowest BCUT2D eigenvalue weighted by Crippen LogP contribution is -2.42. The van der Waals surface area contributed by atoms with Crippen LogP contribution in [0.2, 0.25) is 5.02 Å². The second-order valence-corrected chi connectivity index (χ2v) is 6.44. The molecule has 0 spiro atoms. The molecule has 1 aromatic carbocycles. The summed E-state index contributed by atoms with van der Waals surface area (Å²) in [5, 5.41) is 7.39. The summed E-state index contributed by atoms with van der Waals surface area (Å²) in [6.45, 7) is 10.9. The van der Waals surface area contributed by atoms with Gasteiger partial charge in [0, 0.05) is 37.8 Å².